The van der Waals surface area contributed by atoms with E-state index in [9.17, 15) is 23.2 Å². The molecule has 0 spiro atoms. The Morgan fingerprint density at radius 1 is 1.10 bits per heavy atom. The maximum Gasteiger partial charge on any atom is 0.401 e. The number of hydroxylamine groups is 1. The Balaban J connectivity index is 1.69. The monoisotopic (exact) mass is 560 g/mol. The molecule has 2 aromatic heterocycles. The summed E-state index contributed by atoms with van der Waals surface area (Å²) in [6.07, 6.45) is -3.31. The number of piperazine rings is 1. The Labute approximate surface area is 233 Å². The van der Waals surface area contributed by atoms with E-state index in [1.54, 1.807) is 11.6 Å². The van der Waals surface area contributed by atoms with Crippen LogP contribution in [-0.2, 0) is 7.05 Å². The molecule has 2 atom stereocenters. The van der Waals surface area contributed by atoms with E-state index in [4.69, 9.17) is 0 Å². The largest absolute Gasteiger partial charge is 0.401 e. The van der Waals surface area contributed by atoms with Crippen LogP contribution in [0.1, 0.15) is 56.0 Å². The van der Waals surface area contributed by atoms with Crippen molar-refractivity contribution in [1.82, 2.24) is 14.5 Å². The fourth-order valence-corrected chi connectivity index (χ4v) is 5.34. The van der Waals surface area contributed by atoms with E-state index in [0.717, 1.165) is 33.7 Å². The van der Waals surface area contributed by atoms with Crippen LogP contribution >= 0.6 is 0 Å². The summed E-state index contributed by atoms with van der Waals surface area (Å²) in [5.41, 5.74) is 3.23. The number of nitrogens with one attached hydrogen (secondary N) is 1. The van der Waals surface area contributed by atoms with E-state index >= 15 is 0 Å². The van der Waals surface area contributed by atoms with Crippen molar-refractivity contribution in [2.24, 2.45) is 7.05 Å². The van der Waals surface area contributed by atoms with Gasteiger partial charge in [0.15, 0.2) is 5.82 Å². The number of hydrogen-bond donors (Lipinski definition) is 2. The molecular weight excluding hydrogens is 521 g/mol. The molecule has 1 saturated heterocycles. The van der Waals surface area contributed by atoms with Crippen molar-refractivity contribution >= 4 is 28.1 Å². The van der Waals surface area contributed by atoms with Crippen LogP contribution in [0.25, 0.3) is 10.8 Å². The third kappa shape index (κ3) is 6.36. The van der Waals surface area contributed by atoms with Crippen LogP contribution < -0.4 is 20.8 Å². The van der Waals surface area contributed by atoms with Crippen molar-refractivity contribution in [1.29, 1.82) is 0 Å². The molecule has 2 unspecified atom stereocenters. The van der Waals surface area contributed by atoms with Crippen molar-refractivity contribution in [2.75, 3.05) is 55.1 Å². The third-order valence-corrected chi connectivity index (χ3v) is 7.77. The van der Waals surface area contributed by atoms with Gasteiger partial charge in [0.05, 0.1) is 12.2 Å². The van der Waals surface area contributed by atoms with E-state index in [0.29, 0.717) is 35.8 Å². The molecule has 1 aliphatic heterocycles. The Kier molecular flexibility index (Phi) is 8.65. The first-order valence-corrected chi connectivity index (χ1v) is 13.7. The van der Waals surface area contributed by atoms with E-state index in [1.807, 2.05) is 49.1 Å². The summed E-state index contributed by atoms with van der Waals surface area (Å²) in [6, 6.07) is 9.49. The highest BCUT2D eigenvalue weighted by molar-refractivity contribution is 5.89. The van der Waals surface area contributed by atoms with E-state index in [2.05, 4.69) is 24.1 Å². The van der Waals surface area contributed by atoms with E-state index in [-0.39, 0.29) is 30.6 Å². The molecule has 0 saturated carbocycles. The minimum atomic E-state index is -4.23. The number of aromatic nitrogens is 2. The highest BCUT2D eigenvalue weighted by Crippen LogP contribution is 2.33. The zero-order valence-electron chi connectivity index (χ0n) is 24.0. The lowest BCUT2D eigenvalue weighted by atomic mass is 9.97. The predicted octanol–water partition coefficient (Wildman–Crippen LogP) is 5.44. The molecule has 2 N–H and O–H groups in total. The fraction of sp³-hybridized carbons (Fsp3) is 0.517. The van der Waals surface area contributed by atoms with Gasteiger partial charge in [-0.05, 0) is 67.0 Å². The molecule has 218 valence electrons. The van der Waals surface area contributed by atoms with Gasteiger partial charge in [-0.25, -0.2) is 10.0 Å². The number of rotatable bonds is 8. The summed E-state index contributed by atoms with van der Waals surface area (Å²) in [5.74, 6) is 1.34. The number of hydrogen-bond acceptors (Lipinski definition) is 7. The van der Waals surface area contributed by atoms with Crippen LogP contribution in [0.5, 0.6) is 0 Å². The van der Waals surface area contributed by atoms with Crippen molar-refractivity contribution in [2.45, 2.75) is 52.3 Å². The molecule has 40 heavy (non-hydrogen) atoms. The molecule has 0 amide bonds. The average Bonchev–Trinajstić information content (AvgIpc) is 2.89. The number of benzene rings is 1. The maximum absolute atomic E-state index is 13.5. The summed E-state index contributed by atoms with van der Waals surface area (Å²) >= 11 is 0. The Hall–Kier alpha value is -3.31. The van der Waals surface area contributed by atoms with Crippen molar-refractivity contribution in [3.8, 4) is 0 Å². The number of anilines is 3. The molecule has 0 bridgehead atoms. The van der Waals surface area contributed by atoms with Crippen molar-refractivity contribution in [3.63, 3.8) is 0 Å². The number of pyridine rings is 2. The fourth-order valence-electron chi connectivity index (χ4n) is 5.34. The molecule has 3 aromatic rings. The third-order valence-electron chi connectivity index (χ3n) is 7.77. The van der Waals surface area contributed by atoms with Crippen molar-refractivity contribution < 1.29 is 18.4 Å². The predicted molar refractivity (Wildman–Crippen MR) is 154 cm³/mol. The maximum atomic E-state index is 13.5. The van der Waals surface area contributed by atoms with Gasteiger partial charge in [-0.15, -0.1) is 0 Å². The van der Waals surface area contributed by atoms with Crippen LogP contribution in [0.4, 0.5) is 30.5 Å². The molecule has 1 aliphatic rings. The van der Waals surface area contributed by atoms with E-state index < -0.39 is 12.7 Å². The van der Waals surface area contributed by atoms with Gasteiger partial charge in [-0.2, -0.15) is 13.2 Å². The summed E-state index contributed by atoms with van der Waals surface area (Å²) in [6.45, 7) is 8.50. The molecule has 0 radical (unpaired) electrons. The molecule has 8 nitrogen and oxygen atoms in total. The molecule has 0 aliphatic carbocycles. The minimum Gasteiger partial charge on any atom is -0.375 e. The lowest BCUT2D eigenvalue weighted by Crippen LogP contribution is -2.50. The van der Waals surface area contributed by atoms with Crippen LogP contribution in [0, 0.1) is 6.92 Å². The van der Waals surface area contributed by atoms with Crippen molar-refractivity contribution in [3.05, 3.63) is 57.5 Å². The first-order chi connectivity index (χ1) is 18.8. The number of fused-ring (bicyclic) bond motifs is 1. The summed E-state index contributed by atoms with van der Waals surface area (Å²) in [5, 5.41) is 16.2. The molecule has 3 heterocycles. The molecule has 4 rings (SSSR count). The zero-order valence-corrected chi connectivity index (χ0v) is 24.0. The second-order valence-electron chi connectivity index (χ2n) is 10.9. The number of aryl methyl sites for hydroxylation is 1. The topological polar surface area (TPSA) is 76.9 Å². The summed E-state index contributed by atoms with van der Waals surface area (Å²) in [4.78, 5) is 21.6. The SMILES string of the molecule is CCC(C)c1ccc(NC(C)c2cc(C)cc3c(=O)n(C)c(N4CCN(CC(F)(F)F)CC4)cc23)c(N(C)O)n1. The molecular formula is C29H39F3N6O2. The van der Waals surface area contributed by atoms with E-state index in [1.165, 1.54) is 11.9 Å². The highest BCUT2D eigenvalue weighted by Gasteiger charge is 2.32. The lowest BCUT2D eigenvalue weighted by Gasteiger charge is -2.37. The van der Waals surface area contributed by atoms with Crippen LogP contribution in [-0.4, -0.2) is 65.6 Å². The van der Waals surface area contributed by atoms with Gasteiger partial charge < -0.3 is 10.2 Å². The van der Waals surface area contributed by atoms with Crippen LogP contribution in [0.3, 0.4) is 0 Å². The summed E-state index contributed by atoms with van der Waals surface area (Å²) < 4.78 is 40.2. The van der Waals surface area contributed by atoms with Gasteiger partial charge in [0.1, 0.15) is 5.82 Å². The zero-order chi connectivity index (χ0) is 29.4. The molecule has 1 fully saturated rings. The van der Waals surface area contributed by atoms with Gasteiger partial charge >= 0.3 is 6.18 Å². The van der Waals surface area contributed by atoms with Gasteiger partial charge in [-0.3, -0.25) is 19.5 Å². The highest BCUT2D eigenvalue weighted by atomic mass is 19.4. The number of nitrogens with zero attached hydrogens (tertiary/aromatic N) is 5. The van der Waals surface area contributed by atoms with Crippen LogP contribution in [0.2, 0.25) is 0 Å². The molecule has 11 heteroatoms. The Morgan fingerprint density at radius 3 is 2.38 bits per heavy atom. The first-order valence-electron chi connectivity index (χ1n) is 13.7. The lowest BCUT2D eigenvalue weighted by molar-refractivity contribution is -0.146. The first kappa shape index (κ1) is 29.7. The quantitative estimate of drug-likeness (QED) is 0.356. The Bertz CT molecular complexity index is 1410. The normalized spacial score (nSPS) is 16.3. The van der Waals surface area contributed by atoms with Gasteiger partial charge in [-0.1, -0.05) is 19.9 Å². The number of halogens is 3. The number of alkyl halides is 3. The average molecular weight is 561 g/mol. The Morgan fingerprint density at radius 2 is 1.77 bits per heavy atom. The van der Waals surface area contributed by atoms with Gasteiger partial charge in [0.25, 0.3) is 5.56 Å². The minimum absolute atomic E-state index is 0.155. The molecule has 1 aromatic carbocycles. The van der Waals surface area contributed by atoms with Gasteiger partial charge in [0.2, 0.25) is 0 Å². The second kappa shape index (κ2) is 11.7. The van der Waals surface area contributed by atoms with Crippen LogP contribution in [0.15, 0.2) is 35.1 Å². The second-order valence-corrected chi connectivity index (χ2v) is 10.9. The van der Waals surface area contributed by atoms with Gasteiger partial charge in [0, 0.05) is 57.4 Å². The standard InChI is InChI=1S/C29H39F3N6O2/c1-7-19(3)24-8-9-25(27(34-24)36(6)40)33-20(4)21-14-18(2)15-23-22(21)16-26(35(5)28(23)39)38-12-10-37(11-13-38)17-29(30,31)32/h8-9,14-16,19-20,33,40H,7,10-13,17H2,1-6H3. The summed E-state index contributed by atoms with van der Waals surface area (Å²) in [7, 11) is 3.24. The smallest absolute Gasteiger partial charge is 0.375 e.